The summed E-state index contributed by atoms with van der Waals surface area (Å²) in [7, 11) is 0. The first-order valence-corrected chi connectivity index (χ1v) is 4.95. The van der Waals surface area contributed by atoms with Gasteiger partial charge in [0.25, 0.3) is 5.69 Å². The highest BCUT2D eigenvalue weighted by atomic mass is 32.1. The van der Waals surface area contributed by atoms with E-state index >= 15 is 0 Å². The number of nitrogen functional groups attached to an aromatic ring is 1. The molecular formula is C9H7N3O2S. The minimum absolute atomic E-state index is 0.0705. The standard InChI is InChI=1S/C9H7N3O2S/c10-9-11-5-8(15-9)6-3-1-2-4-7(6)12(13)14/h1-5H,(H2,10,11). The van der Waals surface area contributed by atoms with Gasteiger partial charge >= 0.3 is 0 Å². The van der Waals surface area contributed by atoms with Gasteiger partial charge in [0.2, 0.25) is 0 Å². The molecule has 0 saturated carbocycles. The highest BCUT2D eigenvalue weighted by Gasteiger charge is 2.15. The number of thiazole rings is 1. The molecule has 0 unspecified atom stereocenters. The van der Waals surface area contributed by atoms with Crippen molar-refractivity contribution in [3.63, 3.8) is 0 Å². The van der Waals surface area contributed by atoms with Crippen LogP contribution in [0.25, 0.3) is 10.4 Å². The van der Waals surface area contributed by atoms with E-state index in [0.717, 1.165) is 0 Å². The fraction of sp³-hybridized carbons (Fsp3) is 0. The Labute approximate surface area is 89.3 Å². The Balaban J connectivity index is 2.57. The molecule has 0 bridgehead atoms. The first-order valence-electron chi connectivity index (χ1n) is 4.13. The number of nitro benzene ring substituents is 1. The van der Waals surface area contributed by atoms with E-state index in [1.165, 1.54) is 17.4 Å². The number of aromatic nitrogens is 1. The summed E-state index contributed by atoms with van der Waals surface area (Å²) < 4.78 is 0. The molecule has 0 radical (unpaired) electrons. The number of hydrogen-bond donors (Lipinski definition) is 1. The van der Waals surface area contributed by atoms with Gasteiger partial charge in [0, 0.05) is 12.3 Å². The SMILES string of the molecule is Nc1ncc(-c2ccccc2[N+](=O)[O-])s1. The van der Waals surface area contributed by atoms with Gasteiger partial charge in [-0.25, -0.2) is 4.98 Å². The quantitative estimate of drug-likeness (QED) is 0.623. The highest BCUT2D eigenvalue weighted by molar-refractivity contribution is 7.18. The number of rotatable bonds is 2. The van der Waals surface area contributed by atoms with E-state index in [2.05, 4.69) is 4.98 Å². The van der Waals surface area contributed by atoms with Crippen molar-refractivity contribution in [1.29, 1.82) is 0 Å². The number of para-hydroxylation sites is 1. The van der Waals surface area contributed by atoms with Gasteiger partial charge in [-0.3, -0.25) is 10.1 Å². The van der Waals surface area contributed by atoms with Gasteiger partial charge in [-0.15, -0.1) is 0 Å². The molecule has 0 aliphatic carbocycles. The van der Waals surface area contributed by atoms with Crippen LogP contribution in [0.2, 0.25) is 0 Å². The number of nitro groups is 1. The van der Waals surface area contributed by atoms with E-state index in [9.17, 15) is 10.1 Å². The monoisotopic (exact) mass is 221 g/mol. The van der Waals surface area contributed by atoms with Gasteiger partial charge < -0.3 is 5.73 Å². The summed E-state index contributed by atoms with van der Waals surface area (Å²) in [6.45, 7) is 0. The molecule has 1 aromatic carbocycles. The Kier molecular flexibility index (Phi) is 2.34. The van der Waals surface area contributed by atoms with Crippen LogP contribution in [0.5, 0.6) is 0 Å². The average Bonchev–Trinajstić information content (AvgIpc) is 2.65. The fourth-order valence-corrected chi connectivity index (χ4v) is 1.97. The molecule has 2 rings (SSSR count). The number of anilines is 1. The second kappa shape index (κ2) is 3.66. The summed E-state index contributed by atoms with van der Waals surface area (Å²) in [4.78, 5) is 14.9. The molecule has 2 aromatic rings. The topological polar surface area (TPSA) is 82.0 Å². The first-order chi connectivity index (χ1) is 7.18. The van der Waals surface area contributed by atoms with Crippen LogP contribution >= 0.6 is 11.3 Å². The van der Waals surface area contributed by atoms with Crippen LogP contribution in [0.15, 0.2) is 30.5 Å². The van der Waals surface area contributed by atoms with Gasteiger partial charge in [-0.2, -0.15) is 0 Å². The second-order valence-corrected chi connectivity index (χ2v) is 3.90. The molecule has 5 nitrogen and oxygen atoms in total. The summed E-state index contributed by atoms with van der Waals surface area (Å²) in [5.74, 6) is 0. The van der Waals surface area contributed by atoms with Crippen LogP contribution in [0.1, 0.15) is 0 Å². The van der Waals surface area contributed by atoms with E-state index in [4.69, 9.17) is 5.73 Å². The average molecular weight is 221 g/mol. The van der Waals surface area contributed by atoms with Crippen LogP contribution in [0, 0.1) is 10.1 Å². The van der Waals surface area contributed by atoms with Crippen molar-refractivity contribution in [2.24, 2.45) is 0 Å². The lowest BCUT2D eigenvalue weighted by Crippen LogP contribution is -1.89. The molecule has 6 heteroatoms. The summed E-state index contributed by atoms with van der Waals surface area (Å²) in [6, 6.07) is 6.53. The number of hydrogen-bond acceptors (Lipinski definition) is 5. The number of benzene rings is 1. The number of nitrogens with two attached hydrogens (primary N) is 1. The second-order valence-electron chi connectivity index (χ2n) is 2.84. The summed E-state index contributed by atoms with van der Waals surface area (Å²) in [5.41, 5.74) is 6.10. The molecule has 0 aliphatic rings. The van der Waals surface area contributed by atoms with Crippen molar-refractivity contribution in [2.45, 2.75) is 0 Å². The molecule has 0 aliphatic heterocycles. The molecule has 15 heavy (non-hydrogen) atoms. The van der Waals surface area contributed by atoms with Gasteiger partial charge in [0.05, 0.1) is 15.4 Å². The minimum atomic E-state index is -0.411. The Morgan fingerprint density at radius 2 is 2.13 bits per heavy atom. The van der Waals surface area contributed by atoms with E-state index < -0.39 is 4.92 Å². The molecule has 0 atom stereocenters. The molecule has 0 saturated heterocycles. The third kappa shape index (κ3) is 1.79. The molecule has 0 spiro atoms. The zero-order valence-corrected chi connectivity index (χ0v) is 8.40. The Morgan fingerprint density at radius 3 is 2.73 bits per heavy atom. The lowest BCUT2D eigenvalue weighted by atomic mass is 10.1. The van der Waals surface area contributed by atoms with E-state index in [-0.39, 0.29) is 5.69 Å². The third-order valence-electron chi connectivity index (χ3n) is 1.89. The Bertz CT molecular complexity index is 510. The van der Waals surface area contributed by atoms with Gasteiger partial charge in [0.15, 0.2) is 5.13 Å². The molecule has 76 valence electrons. The predicted molar refractivity (Wildman–Crippen MR) is 58.6 cm³/mol. The van der Waals surface area contributed by atoms with Crippen molar-refractivity contribution >= 4 is 22.2 Å². The van der Waals surface area contributed by atoms with Crippen molar-refractivity contribution in [2.75, 3.05) is 5.73 Å². The largest absolute Gasteiger partial charge is 0.375 e. The van der Waals surface area contributed by atoms with Gasteiger partial charge in [0.1, 0.15) is 0 Å². The first kappa shape index (κ1) is 9.60. The van der Waals surface area contributed by atoms with E-state index in [1.807, 2.05) is 0 Å². The Morgan fingerprint density at radius 1 is 1.40 bits per heavy atom. The molecule has 0 amide bonds. The molecule has 1 heterocycles. The number of nitrogens with zero attached hydrogens (tertiary/aromatic N) is 2. The summed E-state index contributed by atoms with van der Waals surface area (Å²) in [5, 5.41) is 11.2. The Hall–Kier alpha value is -1.95. The normalized spacial score (nSPS) is 10.1. The lowest BCUT2D eigenvalue weighted by molar-refractivity contribution is -0.384. The maximum atomic E-state index is 10.8. The molecular weight excluding hydrogens is 214 g/mol. The molecule has 2 N–H and O–H groups in total. The molecule has 0 fully saturated rings. The maximum absolute atomic E-state index is 10.8. The van der Waals surface area contributed by atoms with E-state index in [1.54, 1.807) is 24.4 Å². The minimum Gasteiger partial charge on any atom is -0.375 e. The van der Waals surface area contributed by atoms with Crippen molar-refractivity contribution < 1.29 is 4.92 Å². The zero-order chi connectivity index (χ0) is 10.8. The van der Waals surface area contributed by atoms with Crippen LogP contribution < -0.4 is 5.73 Å². The van der Waals surface area contributed by atoms with Gasteiger partial charge in [-0.1, -0.05) is 23.5 Å². The van der Waals surface area contributed by atoms with Crippen molar-refractivity contribution in [1.82, 2.24) is 4.98 Å². The maximum Gasteiger partial charge on any atom is 0.278 e. The summed E-state index contributed by atoms with van der Waals surface area (Å²) in [6.07, 6.45) is 1.54. The van der Waals surface area contributed by atoms with Crippen molar-refractivity contribution in [3.05, 3.63) is 40.6 Å². The third-order valence-corrected chi connectivity index (χ3v) is 2.75. The smallest absolute Gasteiger partial charge is 0.278 e. The van der Waals surface area contributed by atoms with Crippen LogP contribution in [-0.4, -0.2) is 9.91 Å². The van der Waals surface area contributed by atoms with E-state index in [0.29, 0.717) is 15.6 Å². The lowest BCUT2D eigenvalue weighted by Gasteiger charge is -1.97. The van der Waals surface area contributed by atoms with Gasteiger partial charge in [-0.05, 0) is 6.07 Å². The highest BCUT2D eigenvalue weighted by Crippen LogP contribution is 2.33. The van der Waals surface area contributed by atoms with Crippen molar-refractivity contribution in [3.8, 4) is 10.4 Å². The molecule has 1 aromatic heterocycles. The summed E-state index contributed by atoms with van der Waals surface area (Å²) >= 11 is 1.23. The van der Waals surface area contributed by atoms with Crippen LogP contribution in [0.4, 0.5) is 10.8 Å². The predicted octanol–water partition coefficient (Wildman–Crippen LogP) is 2.30. The van der Waals surface area contributed by atoms with Crippen LogP contribution in [-0.2, 0) is 0 Å². The fourth-order valence-electron chi connectivity index (χ4n) is 1.25. The zero-order valence-electron chi connectivity index (χ0n) is 7.58. The van der Waals surface area contributed by atoms with Crippen LogP contribution in [0.3, 0.4) is 0 Å².